The van der Waals surface area contributed by atoms with Crippen molar-refractivity contribution in [1.82, 2.24) is 4.57 Å². The van der Waals surface area contributed by atoms with Gasteiger partial charge in [-0.1, -0.05) is 59.9 Å². The predicted octanol–water partition coefficient (Wildman–Crippen LogP) is 3.89. The van der Waals surface area contributed by atoms with Crippen molar-refractivity contribution < 1.29 is 33.3 Å². The number of nitrogens with zero attached hydrogens (tertiary/aromatic N) is 2. The molecule has 0 aliphatic carbocycles. The molecular formula is C34H32N2O8S. The minimum absolute atomic E-state index is 0.154. The van der Waals surface area contributed by atoms with E-state index >= 15 is 0 Å². The van der Waals surface area contributed by atoms with E-state index in [9.17, 15) is 14.4 Å². The average molecular weight is 629 g/mol. The summed E-state index contributed by atoms with van der Waals surface area (Å²) in [5.74, 6) is 0.256. The van der Waals surface area contributed by atoms with Crippen molar-refractivity contribution in [3.05, 3.63) is 115 Å². The number of rotatable bonds is 11. The van der Waals surface area contributed by atoms with Crippen molar-refractivity contribution in [2.75, 3.05) is 34.0 Å². The highest BCUT2D eigenvalue weighted by molar-refractivity contribution is 7.07. The second kappa shape index (κ2) is 14.1. The normalized spacial score (nSPS) is 14.3. The first-order valence-electron chi connectivity index (χ1n) is 14.3. The highest BCUT2D eigenvalue weighted by Gasteiger charge is 2.35. The summed E-state index contributed by atoms with van der Waals surface area (Å²) < 4.78 is 28.9. The van der Waals surface area contributed by atoms with Crippen molar-refractivity contribution in [2.45, 2.75) is 19.9 Å². The van der Waals surface area contributed by atoms with Crippen LogP contribution in [0.3, 0.4) is 0 Å². The number of aromatic nitrogens is 1. The lowest BCUT2D eigenvalue weighted by molar-refractivity contribution is -0.145. The molecule has 2 heterocycles. The van der Waals surface area contributed by atoms with Crippen molar-refractivity contribution in [1.29, 1.82) is 0 Å². The number of esters is 2. The van der Waals surface area contributed by atoms with Gasteiger partial charge in [-0.3, -0.25) is 9.36 Å². The Balaban J connectivity index is 1.68. The number of ether oxygens (including phenoxy) is 5. The summed E-state index contributed by atoms with van der Waals surface area (Å²) in [7, 11) is 3.05. The van der Waals surface area contributed by atoms with E-state index in [0.29, 0.717) is 49.0 Å². The molecule has 1 atom stereocenters. The molecule has 0 N–H and O–H groups in total. The summed E-state index contributed by atoms with van der Waals surface area (Å²) in [6.07, 6.45) is 1.72. The molecule has 3 aromatic carbocycles. The van der Waals surface area contributed by atoms with Gasteiger partial charge in [0, 0.05) is 5.56 Å². The van der Waals surface area contributed by atoms with Gasteiger partial charge in [-0.25, -0.2) is 14.6 Å². The molecule has 1 unspecified atom stereocenters. The van der Waals surface area contributed by atoms with Crippen molar-refractivity contribution in [3.63, 3.8) is 0 Å². The number of fused-ring (bicyclic) bond motifs is 1. The summed E-state index contributed by atoms with van der Waals surface area (Å²) in [6, 6.07) is 20.9. The number of carbonyl (C=O) groups is 2. The minimum atomic E-state index is -0.832. The molecule has 0 fully saturated rings. The maximum atomic E-state index is 14.2. The fourth-order valence-corrected chi connectivity index (χ4v) is 5.95. The Morgan fingerprint density at radius 2 is 1.69 bits per heavy atom. The average Bonchev–Trinajstić information content (AvgIpc) is 3.37. The van der Waals surface area contributed by atoms with E-state index < -0.39 is 18.0 Å². The first-order valence-corrected chi connectivity index (χ1v) is 15.1. The van der Waals surface area contributed by atoms with Gasteiger partial charge in [-0.15, -0.1) is 0 Å². The molecule has 5 rings (SSSR count). The topological polar surface area (TPSA) is 115 Å². The van der Waals surface area contributed by atoms with Gasteiger partial charge in [0.15, 0.2) is 22.9 Å². The zero-order chi connectivity index (χ0) is 31.9. The quantitative estimate of drug-likeness (QED) is 0.230. The van der Waals surface area contributed by atoms with E-state index in [0.717, 1.165) is 0 Å². The monoisotopic (exact) mass is 628 g/mol. The molecule has 0 amide bonds. The summed E-state index contributed by atoms with van der Waals surface area (Å²) >= 11 is 1.21. The van der Waals surface area contributed by atoms with Gasteiger partial charge in [0.2, 0.25) is 0 Å². The highest BCUT2D eigenvalue weighted by Crippen LogP contribution is 2.36. The van der Waals surface area contributed by atoms with Crippen LogP contribution in [0.4, 0.5) is 0 Å². The number of thiazole rings is 1. The van der Waals surface area contributed by atoms with Crippen molar-refractivity contribution in [2.24, 2.45) is 4.99 Å². The Hall–Kier alpha value is -5.16. The molecule has 232 valence electrons. The van der Waals surface area contributed by atoms with Gasteiger partial charge in [-0.2, -0.15) is 0 Å². The second-order valence-corrected chi connectivity index (χ2v) is 10.7. The van der Waals surface area contributed by atoms with Crippen LogP contribution in [0.25, 0.3) is 11.8 Å². The number of benzene rings is 3. The van der Waals surface area contributed by atoms with Gasteiger partial charge in [0.1, 0.15) is 5.75 Å². The minimum Gasteiger partial charge on any atom is -0.497 e. The zero-order valence-corrected chi connectivity index (χ0v) is 26.1. The second-order valence-electron chi connectivity index (χ2n) is 9.71. The smallest absolute Gasteiger partial charge is 0.344 e. The molecule has 0 bridgehead atoms. The number of hydrogen-bond acceptors (Lipinski definition) is 10. The third kappa shape index (κ3) is 6.68. The van der Waals surface area contributed by atoms with Crippen LogP contribution >= 0.6 is 11.3 Å². The van der Waals surface area contributed by atoms with Crippen LogP contribution in [-0.4, -0.2) is 50.5 Å². The van der Waals surface area contributed by atoms with Crippen LogP contribution in [0.15, 0.2) is 88.2 Å². The number of hydrogen-bond donors (Lipinski definition) is 0. The molecule has 4 aromatic rings. The summed E-state index contributed by atoms with van der Waals surface area (Å²) in [5, 5.41) is 0. The first-order chi connectivity index (χ1) is 21.9. The van der Waals surface area contributed by atoms with Crippen LogP contribution < -0.4 is 29.1 Å². The van der Waals surface area contributed by atoms with Crippen molar-refractivity contribution in [3.8, 4) is 17.2 Å². The van der Waals surface area contributed by atoms with E-state index in [1.165, 1.54) is 23.0 Å². The molecule has 0 saturated carbocycles. The molecule has 1 aliphatic heterocycles. The molecular weight excluding hydrogens is 596 g/mol. The van der Waals surface area contributed by atoms with Crippen LogP contribution in [-0.2, 0) is 19.1 Å². The molecule has 45 heavy (non-hydrogen) atoms. The molecule has 11 heteroatoms. The summed E-state index contributed by atoms with van der Waals surface area (Å²) in [4.78, 5) is 44.8. The molecule has 0 saturated heterocycles. The van der Waals surface area contributed by atoms with E-state index in [2.05, 4.69) is 0 Å². The zero-order valence-electron chi connectivity index (χ0n) is 25.3. The maximum Gasteiger partial charge on any atom is 0.344 e. The van der Waals surface area contributed by atoms with E-state index in [1.54, 1.807) is 57.4 Å². The summed E-state index contributed by atoms with van der Waals surface area (Å²) in [5.41, 5.74) is 2.39. The molecule has 1 aromatic heterocycles. The molecule has 10 nitrogen and oxygen atoms in total. The third-order valence-corrected chi connectivity index (χ3v) is 7.90. The SMILES string of the molecule is CCOC(=O)COc1ccc(/C=c2/sc3n(c2=O)C(c2cccc(OC)c2)C(C(=O)OCC)=C(c2ccccc2)N=3)cc1OC. The maximum absolute atomic E-state index is 14.2. The largest absolute Gasteiger partial charge is 0.497 e. The Kier molecular flexibility index (Phi) is 9.79. The van der Waals surface area contributed by atoms with Crippen LogP contribution in [0, 0.1) is 0 Å². The lowest BCUT2D eigenvalue weighted by atomic mass is 9.93. The van der Waals surface area contributed by atoms with Gasteiger partial charge >= 0.3 is 11.9 Å². The first kappa shape index (κ1) is 31.3. The van der Waals surface area contributed by atoms with Crippen molar-refractivity contribution >= 4 is 35.0 Å². The van der Waals surface area contributed by atoms with E-state index in [-0.39, 0.29) is 31.0 Å². The van der Waals surface area contributed by atoms with Crippen LogP contribution in [0.2, 0.25) is 0 Å². The molecule has 0 spiro atoms. The Morgan fingerprint density at radius 1 is 0.911 bits per heavy atom. The summed E-state index contributed by atoms with van der Waals surface area (Å²) in [6.45, 7) is 3.59. The molecule has 0 radical (unpaired) electrons. The lowest BCUT2D eigenvalue weighted by Gasteiger charge is -2.26. The predicted molar refractivity (Wildman–Crippen MR) is 169 cm³/mol. The Bertz CT molecular complexity index is 1930. The van der Waals surface area contributed by atoms with Gasteiger partial charge in [0.05, 0.1) is 49.3 Å². The van der Waals surface area contributed by atoms with E-state index in [4.69, 9.17) is 28.7 Å². The van der Waals surface area contributed by atoms with Crippen LogP contribution in [0.1, 0.15) is 36.6 Å². The fourth-order valence-electron chi connectivity index (χ4n) is 4.95. The van der Waals surface area contributed by atoms with Gasteiger partial charge in [0.25, 0.3) is 5.56 Å². The Morgan fingerprint density at radius 3 is 2.40 bits per heavy atom. The van der Waals surface area contributed by atoms with Crippen LogP contribution in [0.5, 0.6) is 17.2 Å². The standard InChI is InChI=1S/C34H32N2O8S/c1-5-42-28(37)20-44-25-16-15-21(17-26(25)41-4)18-27-32(38)36-31(23-13-10-14-24(19-23)40-3)29(33(39)43-6-2)30(35-34(36)45-27)22-11-8-7-9-12-22/h7-19,31H,5-6,20H2,1-4H3/b27-18+. The molecule has 1 aliphatic rings. The van der Waals surface area contributed by atoms with Gasteiger partial charge in [-0.05, 0) is 55.3 Å². The fraction of sp³-hybridized carbons (Fsp3) is 0.235. The Labute approximate surface area is 263 Å². The number of carbonyl (C=O) groups excluding carboxylic acids is 2. The highest BCUT2D eigenvalue weighted by atomic mass is 32.1. The third-order valence-electron chi connectivity index (χ3n) is 6.92. The number of methoxy groups -OCH3 is 2. The van der Waals surface area contributed by atoms with E-state index in [1.807, 2.05) is 42.5 Å². The lowest BCUT2D eigenvalue weighted by Crippen LogP contribution is -2.40. The van der Waals surface area contributed by atoms with Gasteiger partial charge < -0.3 is 23.7 Å².